The summed E-state index contributed by atoms with van der Waals surface area (Å²) >= 11 is 6.13. The lowest BCUT2D eigenvalue weighted by molar-refractivity contribution is 0.619. The van der Waals surface area contributed by atoms with Gasteiger partial charge in [0.15, 0.2) is 0 Å². The standard InChI is InChI=1S/C15H17ClFN3/c1-4-6-13-19-14(16)10(3)15(20-13)18-12-8-5-7-11(17)9(12)2/h5,7-8H,4,6H2,1-3H3,(H,18,19,20). The molecular weight excluding hydrogens is 277 g/mol. The summed E-state index contributed by atoms with van der Waals surface area (Å²) in [6.45, 7) is 5.62. The molecule has 2 rings (SSSR count). The maximum Gasteiger partial charge on any atom is 0.138 e. The molecule has 0 saturated carbocycles. The van der Waals surface area contributed by atoms with Crippen molar-refractivity contribution >= 4 is 23.1 Å². The maximum atomic E-state index is 13.6. The first-order valence-electron chi connectivity index (χ1n) is 6.58. The highest BCUT2D eigenvalue weighted by Gasteiger charge is 2.11. The molecule has 0 fully saturated rings. The topological polar surface area (TPSA) is 37.8 Å². The molecule has 0 unspecified atom stereocenters. The molecule has 20 heavy (non-hydrogen) atoms. The van der Waals surface area contributed by atoms with Crippen molar-refractivity contribution in [1.82, 2.24) is 9.97 Å². The molecule has 1 N–H and O–H groups in total. The van der Waals surface area contributed by atoms with Crippen molar-refractivity contribution in [2.75, 3.05) is 5.32 Å². The summed E-state index contributed by atoms with van der Waals surface area (Å²) in [5.41, 5.74) is 2.00. The van der Waals surface area contributed by atoms with Gasteiger partial charge in [-0.2, -0.15) is 0 Å². The Morgan fingerprint density at radius 2 is 1.95 bits per heavy atom. The Labute approximate surface area is 123 Å². The molecule has 1 aromatic carbocycles. The highest BCUT2D eigenvalue weighted by atomic mass is 35.5. The number of halogens is 2. The van der Waals surface area contributed by atoms with E-state index in [1.807, 2.05) is 13.0 Å². The van der Waals surface area contributed by atoms with E-state index in [-0.39, 0.29) is 5.82 Å². The predicted molar refractivity (Wildman–Crippen MR) is 80.2 cm³/mol. The lowest BCUT2D eigenvalue weighted by Gasteiger charge is -2.13. The molecule has 106 valence electrons. The van der Waals surface area contributed by atoms with Crippen LogP contribution in [0, 0.1) is 19.7 Å². The fourth-order valence-electron chi connectivity index (χ4n) is 1.86. The number of anilines is 2. The van der Waals surface area contributed by atoms with Gasteiger partial charge in [-0.1, -0.05) is 24.6 Å². The van der Waals surface area contributed by atoms with Crippen LogP contribution < -0.4 is 5.32 Å². The Morgan fingerprint density at radius 3 is 2.65 bits per heavy atom. The highest BCUT2D eigenvalue weighted by molar-refractivity contribution is 6.30. The predicted octanol–water partition coefficient (Wildman–Crippen LogP) is 4.58. The Kier molecular flexibility index (Phi) is 4.55. The van der Waals surface area contributed by atoms with E-state index in [0.29, 0.717) is 28.0 Å². The number of hydrogen-bond donors (Lipinski definition) is 1. The van der Waals surface area contributed by atoms with Gasteiger partial charge >= 0.3 is 0 Å². The average Bonchev–Trinajstić information content (AvgIpc) is 2.41. The molecule has 0 atom stereocenters. The first-order valence-corrected chi connectivity index (χ1v) is 6.96. The van der Waals surface area contributed by atoms with Crippen LogP contribution in [0.5, 0.6) is 0 Å². The lowest BCUT2D eigenvalue weighted by atomic mass is 10.2. The maximum absolute atomic E-state index is 13.6. The Balaban J connectivity index is 2.39. The minimum atomic E-state index is -0.249. The third-order valence-corrected chi connectivity index (χ3v) is 3.50. The van der Waals surface area contributed by atoms with Gasteiger partial charge in [-0.05, 0) is 32.4 Å². The van der Waals surface area contributed by atoms with Gasteiger partial charge in [0.05, 0.1) is 0 Å². The van der Waals surface area contributed by atoms with E-state index in [0.717, 1.165) is 18.4 Å². The molecule has 5 heteroatoms. The largest absolute Gasteiger partial charge is 0.340 e. The van der Waals surface area contributed by atoms with Crippen molar-refractivity contribution in [3.05, 3.63) is 46.1 Å². The summed E-state index contributed by atoms with van der Waals surface area (Å²) in [5.74, 6) is 1.07. The smallest absolute Gasteiger partial charge is 0.138 e. The summed E-state index contributed by atoms with van der Waals surface area (Å²) in [7, 11) is 0. The van der Waals surface area contributed by atoms with Crippen LogP contribution >= 0.6 is 11.6 Å². The van der Waals surface area contributed by atoms with Crippen LogP contribution in [0.1, 0.15) is 30.3 Å². The van der Waals surface area contributed by atoms with Crippen molar-refractivity contribution in [2.45, 2.75) is 33.6 Å². The third kappa shape index (κ3) is 3.07. The number of nitrogens with one attached hydrogen (secondary N) is 1. The summed E-state index contributed by atoms with van der Waals surface area (Å²) in [4.78, 5) is 8.70. The van der Waals surface area contributed by atoms with Crippen molar-refractivity contribution in [3.63, 3.8) is 0 Å². The monoisotopic (exact) mass is 293 g/mol. The second-order valence-corrected chi connectivity index (χ2v) is 5.05. The van der Waals surface area contributed by atoms with Crippen LogP contribution in [0.3, 0.4) is 0 Å². The van der Waals surface area contributed by atoms with Crippen LogP contribution in [-0.2, 0) is 6.42 Å². The van der Waals surface area contributed by atoms with Crippen LogP contribution in [-0.4, -0.2) is 9.97 Å². The summed E-state index contributed by atoms with van der Waals surface area (Å²) < 4.78 is 13.6. The number of aryl methyl sites for hydroxylation is 1. The Hall–Kier alpha value is -1.68. The zero-order chi connectivity index (χ0) is 14.7. The van der Waals surface area contributed by atoms with E-state index >= 15 is 0 Å². The molecule has 0 radical (unpaired) electrons. The number of nitrogens with zero attached hydrogens (tertiary/aromatic N) is 2. The van der Waals surface area contributed by atoms with Crippen molar-refractivity contribution in [2.24, 2.45) is 0 Å². The SMILES string of the molecule is CCCc1nc(Cl)c(C)c(Nc2cccc(F)c2C)n1. The van der Waals surface area contributed by atoms with Crippen LogP contribution in [0.4, 0.5) is 15.9 Å². The Bertz CT molecular complexity index is 629. The molecule has 0 saturated heterocycles. The van der Waals surface area contributed by atoms with Crippen molar-refractivity contribution in [3.8, 4) is 0 Å². The molecule has 0 aliphatic carbocycles. The average molecular weight is 294 g/mol. The molecule has 2 aromatic rings. The van der Waals surface area contributed by atoms with Crippen LogP contribution in [0.25, 0.3) is 0 Å². The van der Waals surface area contributed by atoms with E-state index in [2.05, 4.69) is 22.2 Å². The van der Waals surface area contributed by atoms with Gasteiger partial charge in [-0.3, -0.25) is 0 Å². The van der Waals surface area contributed by atoms with Gasteiger partial charge < -0.3 is 5.32 Å². The van der Waals surface area contributed by atoms with Gasteiger partial charge in [0.1, 0.15) is 22.6 Å². The van der Waals surface area contributed by atoms with Crippen molar-refractivity contribution in [1.29, 1.82) is 0 Å². The normalized spacial score (nSPS) is 10.7. The third-order valence-electron chi connectivity index (χ3n) is 3.13. The number of rotatable bonds is 4. The second kappa shape index (κ2) is 6.18. The zero-order valence-electron chi connectivity index (χ0n) is 11.8. The Morgan fingerprint density at radius 1 is 1.20 bits per heavy atom. The van der Waals surface area contributed by atoms with Gasteiger partial charge in [0.2, 0.25) is 0 Å². The summed E-state index contributed by atoms with van der Waals surface area (Å²) in [6, 6.07) is 4.91. The molecule has 0 aliphatic rings. The number of hydrogen-bond acceptors (Lipinski definition) is 3. The fourth-order valence-corrected chi connectivity index (χ4v) is 2.05. The van der Waals surface area contributed by atoms with Crippen molar-refractivity contribution < 1.29 is 4.39 Å². The number of benzene rings is 1. The van der Waals surface area contributed by atoms with E-state index < -0.39 is 0 Å². The number of aromatic nitrogens is 2. The van der Waals surface area contributed by atoms with Crippen LogP contribution in [0.15, 0.2) is 18.2 Å². The van der Waals surface area contributed by atoms with E-state index in [9.17, 15) is 4.39 Å². The minimum absolute atomic E-state index is 0.249. The molecule has 0 amide bonds. The fraction of sp³-hybridized carbons (Fsp3) is 0.333. The molecular formula is C15H17ClFN3. The molecule has 1 heterocycles. The second-order valence-electron chi connectivity index (χ2n) is 4.69. The van der Waals surface area contributed by atoms with Gasteiger partial charge in [0.25, 0.3) is 0 Å². The first-order chi connectivity index (χ1) is 9.52. The van der Waals surface area contributed by atoms with Gasteiger partial charge in [-0.15, -0.1) is 0 Å². The zero-order valence-corrected chi connectivity index (χ0v) is 12.6. The van der Waals surface area contributed by atoms with Crippen LogP contribution in [0.2, 0.25) is 5.15 Å². The summed E-state index contributed by atoms with van der Waals surface area (Å²) in [6.07, 6.45) is 1.70. The van der Waals surface area contributed by atoms with Gasteiger partial charge in [0, 0.05) is 23.2 Å². The quantitative estimate of drug-likeness (QED) is 0.838. The molecule has 0 aliphatic heterocycles. The highest BCUT2D eigenvalue weighted by Crippen LogP contribution is 2.26. The molecule has 1 aromatic heterocycles. The minimum Gasteiger partial charge on any atom is -0.340 e. The molecule has 3 nitrogen and oxygen atoms in total. The van der Waals surface area contributed by atoms with E-state index in [1.54, 1.807) is 13.0 Å². The molecule has 0 bridgehead atoms. The first kappa shape index (κ1) is 14.7. The van der Waals surface area contributed by atoms with Gasteiger partial charge in [-0.25, -0.2) is 14.4 Å². The molecule has 0 spiro atoms. The summed E-state index contributed by atoms with van der Waals surface area (Å²) in [5, 5.41) is 3.58. The van der Waals surface area contributed by atoms with E-state index in [1.165, 1.54) is 6.07 Å². The van der Waals surface area contributed by atoms with E-state index in [4.69, 9.17) is 11.6 Å². The lowest BCUT2D eigenvalue weighted by Crippen LogP contribution is -2.05.